The predicted molar refractivity (Wildman–Crippen MR) is 276 cm³/mol. The summed E-state index contributed by atoms with van der Waals surface area (Å²) in [6.45, 7) is -1.58. The number of carbonyl (C=O) groups excluding carboxylic acids is 6. The number of benzene rings is 2. The normalized spacial score (nSPS) is 13.3. The van der Waals surface area contributed by atoms with Crippen LogP contribution in [0.4, 0.5) is 11.4 Å². The Morgan fingerprint density at radius 1 is 0.460 bits per heavy atom. The Bertz CT molecular complexity index is 1860. The fraction of sp³-hybridized carbons (Fsp3) is 0.486. The number of aliphatic hydroxyl groups is 10. The summed E-state index contributed by atoms with van der Waals surface area (Å²) in [7, 11) is 0. The molecule has 0 saturated carbocycles. The van der Waals surface area contributed by atoms with Gasteiger partial charge in [-0.25, -0.2) is 0 Å². The van der Waals surface area contributed by atoms with E-state index in [0.29, 0.717) is 10.7 Å². The lowest BCUT2D eigenvalue weighted by molar-refractivity contribution is -0.117. The predicted octanol–water partition coefficient (Wildman–Crippen LogP) is -2.00. The molecule has 0 radical (unpaired) electrons. The monoisotopic (exact) mass is 1570 g/mol. The molecule has 0 fully saturated rings. The van der Waals surface area contributed by atoms with Crippen molar-refractivity contribution < 1.29 is 79.8 Å². The lowest BCUT2D eigenvalue weighted by atomic mass is 10.1. The third kappa shape index (κ3) is 18.0. The van der Waals surface area contributed by atoms with Crippen LogP contribution in [0.1, 0.15) is 55.3 Å². The highest BCUT2D eigenvalue weighted by molar-refractivity contribution is 14.1. The number of nitrogens with one attached hydrogen (secondary N) is 5. The van der Waals surface area contributed by atoms with Crippen LogP contribution in [0.25, 0.3) is 0 Å². The highest BCUT2D eigenvalue weighted by Gasteiger charge is 2.33. The fourth-order valence-corrected chi connectivity index (χ4v) is 13.9. The third-order valence-corrected chi connectivity index (χ3v) is 14.3. The van der Waals surface area contributed by atoms with Crippen LogP contribution < -0.4 is 31.5 Å². The molecule has 5 unspecified atom stereocenters. The van der Waals surface area contributed by atoms with Gasteiger partial charge in [0.15, 0.2) is 0 Å². The highest BCUT2D eigenvalue weighted by Crippen LogP contribution is 2.39. The van der Waals surface area contributed by atoms with Crippen molar-refractivity contribution in [2.75, 3.05) is 76.0 Å². The molecule has 63 heavy (non-hydrogen) atoms. The molecule has 0 aliphatic carbocycles. The Balaban J connectivity index is 0.000000638. The van der Waals surface area contributed by atoms with Gasteiger partial charge in [-0.1, -0.05) is 0 Å². The Morgan fingerprint density at radius 2 is 0.730 bits per heavy atom. The molecule has 0 saturated heterocycles. The number of nitrogens with zero attached hydrogens (tertiary/aromatic N) is 1. The smallest absolute Gasteiger partial charge is 0.253 e. The minimum atomic E-state index is -1.29. The van der Waals surface area contributed by atoms with Gasteiger partial charge in [0, 0.05) is 47.2 Å². The summed E-state index contributed by atoms with van der Waals surface area (Å²) >= 11 is 11.1. The van der Waals surface area contributed by atoms with Gasteiger partial charge in [0.2, 0.25) is 11.8 Å². The summed E-state index contributed by atoms with van der Waals surface area (Å²) in [5, 5.41) is 106. The molecule has 28 heteroatoms. The van der Waals surface area contributed by atoms with Gasteiger partial charge in [-0.3, -0.25) is 28.8 Å². The number of amides is 6. The maximum absolute atomic E-state index is 13.0. The topological polar surface area (TPSA) is 368 Å². The van der Waals surface area contributed by atoms with E-state index in [9.17, 15) is 59.4 Å². The van der Waals surface area contributed by atoms with E-state index in [1.165, 1.54) is 13.8 Å². The van der Waals surface area contributed by atoms with E-state index in [1.54, 1.807) is 22.6 Å². The second-order valence-corrected chi connectivity index (χ2v) is 19.4. The van der Waals surface area contributed by atoms with Gasteiger partial charge < -0.3 is 82.5 Å². The first kappa shape index (κ1) is 60.3. The zero-order valence-corrected chi connectivity index (χ0v) is 46.0. The zero-order chi connectivity index (χ0) is 48.5. The van der Waals surface area contributed by atoms with Gasteiger partial charge in [-0.05, 0) is 136 Å². The van der Waals surface area contributed by atoms with Gasteiger partial charge in [0.25, 0.3) is 23.6 Å². The third-order valence-electron chi connectivity index (χ3n) is 7.91. The first-order valence-corrected chi connectivity index (χ1v) is 24.5. The minimum absolute atomic E-state index is 0.0133. The van der Waals surface area contributed by atoms with Crippen molar-refractivity contribution in [2.24, 2.45) is 0 Å². The van der Waals surface area contributed by atoms with E-state index in [0.717, 1.165) is 4.90 Å². The van der Waals surface area contributed by atoms with Crippen molar-refractivity contribution in [2.45, 2.75) is 44.4 Å². The van der Waals surface area contributed by atoms with E-state index in [1.807, 2.05) is 113 Å². The lowest BCUT2D eigenvalue weighted by Crippen LogP contribution is -2.41. The number of carbonyl (C=O) groups is 6. The molecular formula is C35H46I6N6O16. The molecule has 0 heterocycles. The average Bonchev–Trinajstić information content (AvgIpc) is 3.23. The van der Waals surface area contributed by atoms with Crippen molar-refractivity contribution in [3.63, 3.8) is 0 Å². The summed E-state index contributed by atoms with van der Waals surface area (Å²) in [5.74, 6) is -3.48. The summed E-state index contributed by atoms with van der Waals surface area (Å²) in [5.41, 5.74) is 0.697. The van der Waals surface area contributed by atoms with Gasteiger partial charge in [-0.15, -0.1) is 0 Å². The minimum Gasteiger partial charge on any atom is -0.394 e. The maximum atomic E-state index is 13.0. The molecule has 2 rings (SSSR count). The Labute approximate surface area is 442 Å². The largest absolute Gasteiger partial charge is 0.394 e. The Kier molecular flexibility index (Phi) is 28.6. The second-order valence-electron chi connectivity index (χ2n) is 12.9. The van der Waals surface area contributed by atoms with E-state index >= 15 is 0 Å². The number of hydrogen-bond donors (Lipinski definition) is 15. The number of rotatable bonds is 21. The van der Waals surface area contributed by atoms with Gasteiger partial charge in [-0.2, -0.15) is 0 Å². The summed E-state index contributed by atoms with van der Waals surface area (Å²) < 4.78 is 1.86. The van der Waals surface area contributed by atoms with Crippen LogP contribution in [0, 0.1) is 21.4 Å². The van der Waals surface area contributed by atoms with Crippen LogP contribution in [0.5, 0.6) is 0 Å². The highest BCUT2D eigenvalue weighted by atomic mass is 127. The van der Waals surface area contributed by atoms with E-state index in [4.69, 9.17) is 20.4 Å². The van der Waals surface area contributed by atoms with Crippen LogP contribution in [0.2, 0.25) is 0 Å². The van der Waals surface area contributed by atoms with Crippen LogP contribution in [0.3, 0.4) is 0 Å². The second kappa shape index (κ2) is 29.9. The number of anilines is 2. The zero-order valence-electron chi connectivity index (χ0n) is 33.1. The van der Waals surface area contributed by atoms with Crippen molar-refractivity contribution in [1.29, 1.82) is 0 Å². The van der Waals surface area contributed by atoms with Crippen molar-refractivity contribution in [1.82, 2.24) is 21.3 Å². The molecule has 2 aromatic carbocycles. The summed E-state index contributed by atoms with van der Waals surface area (Å²) in [4.78, 5) is 76.7. The van der Waals surface area contributed by atoms with Crippen LogP contribution in [0.15, 0.2) is 0 Å². The fourth-order valence-electron chi connectivity index (χ4n) is 4.73. The van der Waals surface area contributed by atoms with Crippen LogP contribution in [-0.2, 0) is 9.59 Å². The van der Waals surface area contributed by atoms with Crippen LogP contribution >= 0.6 is 136 Å². The molecule has 0 aliphatic rings. The van der Waals surface area contributed by atoms with Crippen molar-refractivity contribution >= 4 is 182 Å². The summed E-state index contributed by atoms with van der Waals surface area (Å²) in [6, 6.07) is 0. The van der Waals surface area contributed by atoms with Crippen molar-refractivity contribution in [3.05, 3.63) is 43.7 Å². The molecule has 0 aromatic heterocycles. The van der Waals surface area contributed by atoms with E-state index in [-0.39, 0.29) is 77.1 Å². The Hall–Kier alpha value is -0.760. The molecule has 22 nitrogen and oxygen atoms in total. The molecule has 5 atom stereocenters. The first-order valence-electron chi connectivity index (χ1n) is 18.0. The van der Waals surface area contributed by atoms with Crippen molar-refractivity contribution in [3.8, 4) is 0 Å². The maximum Gasteiger partial charge on any atom is 0.253 e. The Morgan fingerprint density at radius 3 is 0.968 bits per heavy atom. The van der Waals surface area contributed by atoms with Gasteiger partial charge in [0.1, 0.15) is 0 Å². The molecule has 0 aliphatic heterocycles. The molecule has 15 N–H and O–H groups in total. The average molecular weight is 1570 g/mol. The quantitative estimate of drug-likeness (QED) is 0.0601. The molecular weight excluding hydrogens is 1520 g/mol. The standard InChI is InChI=1S/C19H26I3N3O9.C16H20I3N3O7/c1-8(29)25(4-11(32)7-28)17-15(21)12(18(33)23-2-9(30)5-26)14(20)13(16(17)22)19(34)24-3-10(31)6-27;1-6(25)22-14-12(18)9(15(28)20-2-7(26)4-23)11(17)10(13(14)19)16(29)21-3-8(27)5-24/h9-11,26-28,30-32H,2-7H2,1H3,(H,23,33)(H,24,34);7-8,23-24,26-27H,2-5H2,1H3,(H,20,28)(H,21,29)(H,22,25). The summed E-state index contributed by atoms with van der Waals surface area (Å²) in [6.07, 6.45) is -5.99. The molecule has 6 amide bonds. The number of hydrogen-bond acceptors (Lipinski definition) is 16. The molecule has 354 valence electrons. The first-order chi connectivity index (χ1) is 29.4. The van der Waals surface area contributed by atoms with Gasteiger partial charge >= 0.3 is 0 Å². The van der Waals surface area contributed by atoms with Gasteiger partial charge in [0.05, 0.1) is 118 Å². The van der Waals surface area contributed by atoms with Crippen LogP contribution in [-0.4, -0.2) is 183 Å². The molecule has 0 spiro atoms. The number of aliphatic hydroxyl groups excluding tert-OH is 10. The molecule has 2 aromatic rings. The number of halogens is 6. The SMILES string of the molecule is CC(=O)N(CC(O)CO)c1c(I)c(C(=O)NCC(O)CO)c(I)c(C(=O)NCC(O)CO)c1I.CC(=O)Nc1c(I)c(C(=O)NCC(O)CO)c(I)c(C(=O)NCC(O)CO)c1I. The van der Waals surface area contributed by atoms with E-state index in [2.05, 4.69) is 26.6 Å². The van der Waals surface area contributed by atoms with E-state index < -0.39 is 99.0 Å². The molecule has 0 bridgehead atoms. The lowest BCUT2D eigenvalue weighted by Gasteiger charge is -2.28.